The van der Waals surface area contributed by atoms with E-state index in [-0.39, 0.29) is 5.56 Å². The molecule has 0 aliphatic rings. The van der Waals surface area contributed by atoms with E-state index in [0.717, 1.165) is 7.11 Å². The highest BCUT2D eigenvalue weighted by Crippen LogP contribution is 2.24. The maximum Gasteiger partial charge on any atom is 0.339 e. The van der Waals surface area contributed by atoms with Gasteiger partial charge in [-0.1, -0.05) is 0 Å². The fraction of sp³-hybridized carbons (Fsp3) is 0.333. The van der Waals surface area contributed by atoms with Crippen molar-refractivity contribution in [2.24, 2.45) is 0 Å². The molecule has 1 aromatic rings. The number of pyridine rings is 1. The van der Waals surface area contributed by atoms with Crippen LogP contribution in [0, 0.1) is 10.6 Å². The lowest BCUT2D eigenvalue weighted by Gasteiger charge is -2.08. The van der Waals surface area contributed by atoms with Crippen LogP contribution < -0.4 is 0 Å². The highest BCUT2D eigenvalue weighted by Gasteiger charge is 2.22. The number of rotatable bonds is 2. The molecule has 0 unspecified atom stereocenters. The second-order valence-corrected chi connectivity index (χ2v) is 3.84. The van der Waals surface area contributed by atoms with Crippen molar-refractivity contribution >= 4 is 28.6 Å². The van der Waals surface area contributed by atoms with Gasteiger partial charge in [0.05, 0.1) is 12.7 Å². The molecule has 0 saturated carbocycles. The van der Waals surface area contributed by atoms with Gasteiger partial charge in [-0.3, -0.25) is 0 Å². The largest absolute Gasteiger partial charge is 0.465 e. The normalized spacial score (nSPS) is 10.5. The Balaban J connectivity index is 3.34. The Kier molecular flexibility index (Phi) is 3.95. The van der Waals surface area contributed by atoms with Crippen LogP contribution in [-0.2, 0) is 4.74 Å². The van der Waals surface area contributed by atoms with Crippen LogP contribution in [0.4, 0.5) is 8.78 Å². The lowest BCUT2D eigenvalue weighted by molar-refractivity contribution is 0.0587. The molecule has 0 saturated heterocycles. The first kappa shape index (κ1) is 12.3. The molecule has 1 aromatic heterocycles. The number of aryl methyl sites for hydroxylation is 1. The first-order valence-corrected chi connectivity index (χ1v) is 5.08. The standard InChI is InChI=1S/C9H8F2INO2/c1-4-3-5(9(14)15-2)6(7(10)11)13-8(4)12/h3,7H,1-2H3. The third-order valence-corrected chi connectivity index (χ3v) is 2.88. The van der Waals surface area contributed by atoms with E-state index < -0.39 is 18.1 Å². The number of alkyl halides is 2. The summed E-state index contributed by atoms with van der Waals surface area (Å²) in [4.78, 5) is 14.9. The zero-order chi connectivity index (χ0) is 11.6. The fourth-order valence-electron chi connectivity index (χ4n) is 1.04. The fourth-order valence-corrected chi connectivity index (χ4v) is 1.46. The summed E-state index contributed by atoms with van der Waals surface area (Å²) in [5.41, 5.74) is -0.0392. The molecular formula is C9H8F2INO2. The van der Waals surface area contributed by atoms with Crippen LogP contribution in [0.2, 0.25) is 0 Å². The Hall–Kier alpha value is -0.790. The first-order chi connectivity index (χ1) is 6.97. The van der Waals surface area contributed by atoms with Crippen molar-refractivity contribution in [3.8, 4) is 0 Å². The van der Waals surface area contributed by atoms with Gasteiger partial charge in [0.2, 0.25) is 0 Å². The molecule has 0 radical (unpaired) electrons. The topological polar surface area (TPSA) is 39.2 Å². The van der Waals surface area contributed by atoms with E-state index >= 15 is 0 Å². The van der Waals surface area contributed by atoms with Gasteiger partial charge in [-0.25, -0.2) is 18.6 Å². The average Bonchev–Trinajstić information content (AvgIpc) is 2.20. The zero-order valence-corrected chi connectivity index (χ0v) is 10.2. The second-order valence-electron chi connectivity index (χ2n) is 2.82. The lowest BCUT2D eigenvalue weighted by Crippen LogP contribution is -2.10. The summed E-state index contributed by atoms with van der Waals surface area (Å²) in [6.07, 6.45) is -2.78. The molecule has 0 aromatic carbocycles. The second kappa shape index (κ2) is 4.82. The van der Waals surface area contributed by atoms with Crippen molar-refractivity contribution in [1.82, 2.24) is 4.98 Å². The summed E-state index contributed by atoms with van der Waals surface area (Å²) >= 11 is 1.84. The molecule has 0 bridgehead atoms. The molecule has 1 rings (SSSR count). The van der Waals surface area contributed by atoms with Gasteiger partial charge in [0, 0.05) is 0 Å². The van der Waals surface area contributed by atoms with E-state index in [1.807, 2.05) is 22.6 Å². The number of hydrogen-bond acceptors (Lipinski definition) is 3. The number of methoxy groups -OCH3 is 1. The van der Waals surface area contributed by atoms with Gasteiger partial charge in [-0.2, -0.15) is 0 Å². The third-order valence-electron chi connectivity index (χ3n) is 1.79. The van der Waals surface area contributed by atoms with Crippen LogP contribution >= 0.6 is 22.6 Å². The van der Waals surface area contributed by atoms with Gasteiger partial charge >= 0.3 is 5.97 Å². The van der Waals surface area contributed by atoms with Gasteiger partial charge in [-0.05, 0) is 41.1 Å². The van der Waals surface area contributed by atoms with Crippen LogP contribution in [0.15, 0.2) is 6.07 Å². The molecule has 0 spiro atoms. The highest BCUT2D eigenvalue weighted by atomic mass is 127. The van der Waals surface area contributed by atoms with Crippen LogP contribution in [0.3, 0.4) is 0 Å². The van der Waals surface area contributed by atoms with Crippen LogP contribution in [0.5, 0.6) is 0 Å². The minimum Gasteiger partial charge on any atom is -0.465 e. The summed E-state index contributed by atoms with van der Waals surface area (Å²) in [7, 11) is 1.14. The minimum absolute atomic E-state index is 0.176. The van der Waals surface area contributed by atoms with Crippen molar-refractivity contribution in [3.63, 3.8) is 0 Å². The number of aromatic nitrogens is 1. The number of nitrogens with zero attached hydrogens (tertiary/aromatic N) is 1. The number of carbonyl (C=O) groups is 1. The first-order valence-electron chi connectivity index (χ1n) is 4.01. The Morgan fingerprint density at radius 2 is 2.20 bits per heavy atom. The Labute approximate surface area is 99.0 Å². The number of esters is 1. The highest BCUT2D eigenvalue weighted by molar-refractivity contribution is 14.1. The quantitative estimate of drug-likeness (QED) is 0.476. The third kappa shape index (κ3) is 2.61. The predicted octanol–water partition coefficient (Wildman–Crippen LogP) is 2.72. The van der Waals surface area contributed by atoms with Crippen molar-refractivity contribution < 1.29 is 18.3 Å². The van der Waals surface area contributed by atoms with Gasteiger partial charge in [0.25, 0.3) is 6.43 Å². The Bertz CT molecular complexity index is 396. The summed E-state index contributed by atoms with van der Waals surface area (Å²) in [5, 5.41) is 0. The van der Waals surface area contributed by atoms with E-state index in [4.69, 9.17) is 0 Å². The van der Waals surface area contributed by atoms with Crippen molar-refractivity contribution in [2.75, 3.05) is 7.11 Å². The molecule has 0 amide bonds. The Morgan fingerprint density at radius 3 is 2.67 bits per heavy atom. The van der Waals surface area contributed by atoms with E-state index in [1.54, 1.807) is 6.92 Å². The predicted molar refractivity (Wildman–Crippen MR) is 58.0 cm³/mol. The van der Waals surface area contributed by atoms with E-state index in [0.29, 0.717) is 9.26 Å². The molecule has 0 N–H and O–H groups in total. The monoisotopic (exact) mass is 327 g/mol. The molecule has 0 aliphatic heterocycles. The minimum atomic E-state index is -2.78. The molecule has 6 heteroatoms. The summed E-state index contributed by atoms with van der Waals surface area (Å²) in [5.74, 6) is -0.794. The van der Waals surface area contributed by atoms with Gasteiger partial charge in [0.15, 0.2) is 0 Å². The number of halogens is 3. The maximum absolute atomic E-state index is 12.6. The maximum atomic E-state index is 12.6. The molecular weight excluding hydrogens is 319 g/mol. The number of carbonyl (C=O) groups excluding carboxylic acids is 1. The lowest BCUT2D eigenvalue weighted by atomic mass is 10.1. The molecule has 82 valence electrons. The molecule has 0 atom stereocenters. The van der Waals surface area contributed by atoms with Gasteiger partial charge < -0.3 is 4.74 Å². The van der Waals surface area contributed by atoms with Gasteiger partial charge in [-0.15, -0.1) is 0 Å². The summed E-state index contributed by atoms with van der Waals surface area (Å²) in [6.45, 7) is 1.69. The summed E-state index contributed by atoms with van der Waals surface area (Å²) in [6, 6.07) is 1.36. The van der Waals surface area contributed by atoms with Gasteiger partial charge in [0.1, 0.15) is 9.39 Å². The van der Waals surface area contributed by atoms with Crippen LogP contribution in [0.1, 0.15) is 28.0 Å². The van der Waals surface area contributed by atoms with E-state index in [2.05, 4.69) is 9.72 Å². The van der Waals surface area contributed by atoms with E-state index in [1.165, 1.54) is 6.07 Å². The van der Waals surface area contributed by atoms with Crippen LogP contribution in [-0.4, -0.2) is 18.1 Å². The molecule has 1 heterocycles. The van der Waals surface area contributed by atoms with Crippen molar-refractivity contribution in [2.45, 2.75) is 13.3 Å². The van der Waals surface area contributed by atoms with Crippen LogP contribution in [0.25, 0.3) is 0 Å². The number of ether oxygens (including phenoxy) is 1. The number of hydrogen-bond donors (Lipinski definition) is 0. The molecule has 0 fully saturated rings. The Morgan fingerprint density at radius 1 is 1.60 bits per heavy atom. The smallest absolute Gasteiger partial charge is 0.339 e. The SMILES string of the molecule is COC(=O)c1cc(C)c(I)nc1C(F)F. The summed E-state index contributed by atoms with van der Waals surface area (Å²) < 4.78 is 30.0. The molecule has 0 aliphatic carbocycles. The average molecular weight is 327 g/mol. The van der Waals surface area contributed by atoms with E-state index in [9.17, 15) is 13.6 Å². The zero-order valence-electron chi connectivity index (χ0n) is 8.05. The molecule has 3 nitrogen and oxygen atoms in total. The van der Waals surface area contributed by atoms with Crippen molar-refractivity contribution in [1.29, 1.82) is 0 Å². The molecule has 15 heavy (non-hydrogen) atoms. The van der Waals surface area contributed by atoms with Crippen molar-refractivity contribution in [3.05, 3.63) is 26.6 Å².